The van der Waals surface area contributed by atoms with Gasteiger partial charge in [-0.15, -0.1) is 34.9 Å². The van der Waals surface area contributed by atoms with Crippen LogP contribution < -0.4 is 0 Å². The SMILES string of the molecule is CCC(C)(C)C(=O)/C=C(\O)C(C)(C)CC.Cc1[c-]c(-c2nccc3c(C)c(C(F)(F)F)c4ccccc4c23)cc(C)c1.[Ir]. The first-order valence-electron chi connectivity index (χ1n) is 14.3. The number of benzene rings is 3. The third-order valence-corrected chi connectivity index (χ3v) is 8.28. The van der Waals surface area contributed by atoms with E-state index in [9.17, 15) is 23.1 Å². The molecule has 3 aromatic carbocycles. The monoisotopic (exact) mass is 769 g/mol. The number of aliphatic hydroxyl groups excluding tert-OH is 1. The maximum absolute atomic E-state index is 13.8. The summed E-state index contributed by atoms with van der Waals surface area (Å²) in [5.41, 5.74) is 2.45. The number of nitrogens with zero attached hydrogens (tertiary/aromatic N) is 1. The number of carbonyl (C=O) groups is 1. The molecule has 1 heterocycles. The van der Waals surface area contributed by atoms with Crippen molar-refractivity contribution in [2.75, 3.05) is 0 Å². The van der Waals surface area contributed by atoms with Crippen LogP contribution in [0.1, 0.15) is 76.6 Å². The molecule has 4 aromatic rings. The number of aromatic nitrogens is 1. The zero-order chi connectivity index (χ0) is 31.6. The summed E-state index contributed by atoms with van der Waals surface area (Å²) in [6, 6.07) is 15.6. The molecule has 233 valence electrons. The van der Waals surface area contributed by atoms with Crippen molar-refractivity contribution in [2.24, 2.45) is 10.8 Å². The molecule has 0 bridgehead atoms. The summed E-state index contributed by atoms with van der Waals surface area (Å²) >= 11 is 0. The van der Waals surface area contributed by atoms with E-state index in [-0.39, 0.29) is 53.4 Å². The summed E-state index contributed by atoms with van der Waals surface area (Å²) in [6.07, 6.45) is 0.142. The molecule has 0 aliphatic rings. The van der Waals surface area contributed by atoms with Gasteiger partial charge >= 0.3 is 6.18 Å². The van der Waals surface area contributed by atoms with Crippen molar-refractivity contribution in [2.45, 2.75) is 81.3 Å². The average Bonchev–Trinajstić information content (AvgIpc) is 2.91. The molecule has 1 N–H and O–H groups in total. The Balaban J connectivity index is 0.000000348. The van der Waals surface area contributed by atoms with Gasteiger partial charge in [0, 0.05) is 43.2 Å². The van der Waals surface area contributed by atoms with Gasteiger partial charge in [-0.3, -0.25) is 4.79 Å². The minimum atomic E-state index is -4.42. The van der Waals surface area contributed by atoms with Gasteiger partial charge < -0.3 is 10.1 Å². The van der Waals surface area contributed by atoms with Crippen LogP contribution in [0.25, 0.3) is 32.8 Å². The van der Waals surface area contributed by atoms with Crippen molar-refractivity contribution >= 4 is 27.3 Å². The van der Waals surface area contributed by atoms with Crippen LogP contribution in [-0.2, 0) is 31.1 Å². The van der Waals surface area contributed by atoms with Crippen LogP contribution in [0.5, 0.6) is 0 Å². The summed E-state index contributed by atoms with van der Waals surface area (Å²) in [7, 11) is 0. The van der Waals surface area contributed by atoms with Crippen molar-refractivity contribution in [1.82, 2.24) is 4.98 Å². The van der Waals surface area contributed by atoms with Crippen molar-refractivity contribution < 1.29 is 43.2 Å². The first-order chi connectivity index (χ1) is 19.4. The average molecular weight is 769 g/mol. The first kappa shape index (κ1) is 36.2. The summed E-state index contributed by atoms with van der Waals surface area (Å²) in [6.45, 7) is 17.1. The maximum Gasteiger partial charge on any atom is 0.417 e. The van der Waals surface area contributed by atoms with E-state index in [0.29, 0.717) is 16.5 Å². The van der Waals surface area contributed by atoms with Crippen molar-refractivity contribution in [3.63, 3.8) is 0 Å². The van der Waals surface area contributed by atoms with Crippen molar-refractivity contribution in [3.8, 4) is 11.3 Å². The van der Waals surface area contributed by atoms with E-state index in [0.717, 1.165) is 34.9 Å². The molecule has 7 heteroatoms. The number of ketones is 1. The molecule has 43 heavy (non-hydrogen) atoms. The van der Waals surface area contributed by atoms with E-state index in [1.54, 1.807) is 30.5 Å². The van der Waals surface area contributed by atoms with Gasteiger partial charge in [0.1, 0.15) is 5.76 Å². The van der Waals surface area contributed by atoms with E-state index < -0.39 is 11.7 Å². The Hall–Kier alpha value is -3.02. The molecule has 0 saturated heterocycles. The molecule has 0 aliphatic carbocycles. The molecule has 0 amide bonds. The van der Waals surface area contributed by atoms with Crippen LogP contribution >= 0.6 is 0 Å². The van der Waals surface area contributed by atoms with Gasteiger partial charge in [0.05, 0.1) is 5.56 Å². The number of allylic oxidation sites excluding steroid dienone is 2. The molecule has 0 saturated carbocycles. The maximum atomic E-state index is 13.8. The van der Waals surface area contributed by atoms with E-state index in [4.69, 9.17) is 0 Å². The molecule has 0 spiro atoms. The second kappa shape index (κ2) is 13.7. The zero-order valence-corrected chi connectivity index (χ0v) is 28.8. The Kier molecular flexibility index (Phi) is 11.6. The predicted octanol–water partition coefficient (Wildman–Crippen LogP) is 10.7. The van der Waals surface area contributed by atoms with Gasteiger partial charge in [-0.05, 0) is 58.6 Å². The van der Waals surface area contributed by atoms with Crippen molar-refractivity contribution in [3.05, 3.63) is 88.8 Å². The second-order valence-electron chi connectivity index (χ2n) is 12.2. The predicted molar refractivity (Wildman–Crippen MR) is 167 cm³/mol. The van der Waals surface area contributed by atoms with Gasteiger partial charge in [-0.2, -0.15) is 13.2 Å². The fraction of sp³-hybridized carbons (Fsp3) is 0.389. The van der Waals surface area contributed by atoms with Gasteiger partial charge in [0.25, 0.3) is 0 Å². The largest absolute Gasteiger partial charge is 0.512 e. The molecule has 1 radical (unpaired) electrons. The molecule has 4 rings (SSSR count). The molecule has 0 unspecified atom stereocenters. The van der Waals surface area contributed by atoms with Crippen molar-refractivity contribution in [1.29, 1.82) is 0 Å². The smallest absolute Gasteiger partial charge is 0.417 e. The van der Waals surface area contributed by atoms with Gasteiger partial charge in [-0.25, -0.2) is 0 Å². The van der Waals surface area contributed by atoms with E-state index in [2.05, 4.69) is 11.1 Å². The summed E-state index contributed by atoms with van der Waals surface area (Å²) in [4.78, 5) is 16.4. The number of halogens is 3. The molecule has 1 aromatic heterocycles. The van der Waals surface area contributed by atoms with Crippen LogP contribution in [-0.4, -0.2) is 15.9 Å². The fourth-order valence-corrected chi connectivity index (χ4v) is 4.77. The normalized spacial score (nSPS) is 12.5. The standard InChI is InChI=1S/C23H17F3N.C13H24O2.Ir/c1-13-10-14(2)12-16(11-13)22-20-17(8-9-27-22)15(3)21(23(24,25)26)19-7-5-4-6-18(19)20;1-7-12(3,4)10(14)9-11(15)13(5,6)8-2;/h4-11H,1-3H3;9,14H,7-8H2,1-6H3;/q-1;;/b;10-9-;. The molecular weight excluding hydrogens is 728 g/mol. The summed E-state index contributed by atoms with van der Waals surface area (Å²) in [5.74, 6) is 0.195. The molecule has 0 fully saturated rings. The minimum absolute atomic E-state index is 0. The number of pyridine rings is 1. The zero-order valence-electron chi connectivity index (χ0n) is 26.4. The van der Waals surface area contributed by atoms with Crippen LogP contribution in [0.4, 0.5) is 13.2 Å². The van der Waals surface area contributed by atoms with Crippen LogP contribution in [0.15, 0.2) is 60.5 Å². The van der Waals surface area contributed by atoms with Gasteiger partial charge in [-0.1, -0.05) is 79.7 Å². The van der Waals surface area contributed by atoms with Crippen LogP contribution in [0.3, 0.4) is 0 Å². The number of fused-ring (bicyclic) bond motifs is 3. The molecule has 0 atom stereocenters. The minimum Gasteiger partial charge on any atom is -0.512 e. The Morgan fingerprint density at radius 2 is 1.49 bits per heavy atom. The Morgan fingerprint density at radius 3 is 2.02 bits per heavy atom. The number of hydrogen-bond acceptors (Lipinski definition) is 3. The topological polar surface area (TPSA) is 50.2 Å². The van der Waals surface area contributed by atoms with Crippen LogP contribution in [0.2, 0.25) is 0 Å². The number of hydrogen-bond donors (Lipinski definition) is 1. The first-order valence-corrected chi connectivity index (χ1v) is 14.3. The Labute approximate surface area is 267 Å². The number of aryl methyl sites for hydroxylation is 3. The summed E-state index contributed by atoms with van der Waals surface area (Å²) < 4.78 is 41.4. The molecular formula is C36H41F3IrNO2-. The summed E-state index contributed by atoms with van der Waals surface area (Å²) in [5, 5.41) is 11.9. The fourth-order valence-electron chi connectivity index (χ4n) is 4.77. The third-order valence-electron chi connectivity index (χ3n) is 8.28. The van der Waals surface area contributed by atoms with E-state index in [1.165, 1.54) is 19.1 Å². The Bertz CT molecular complexity index is 1630. The quantitative estimate of drug-likeness (QED) is 0.0920. The van der Waals surface area contributed by atoms with Crippen LogP contribution in [0, 0.1) is 37.7 Å². The van der Waals surface area contributed by atoms with E-state index >= 15 is 0 Å². The third kappa shape index (κ3) is 7.93. The number of carbonyl (C=O) groups excluding carboxylic acids is 1. The molecule has 3 nitrogen and oxygen atoms in total. The number of rotatable bonds is 6. The Morgan fingerprint density at radius 1 is 0.907 bits per heavy atom. The number of alkyl halides is 3. The van der Waals surface area contributed by atoms with Gasteiger partial charge in [0.2, 0.25) is 0 Å². The second-order valence-corrected chi connectivity index (χ2v) is 12.2. The number of aliphatic hydroxyl groups is 1. The van der Waals surface area contributed by atoms with Gasteiger partial charge in [0.15, 0.2) is 5.78 Å². The molecule has 0 aliphatic heterocycles. The van der Waals surface area contributed by atoms with E-state index in [1.807, 2.05) is 67.5 Å².